The number of hydrogen-bond donors (Lipinski definition) is 1. The molecule has 2 rings (SSSR count). The maximum absolute atomic E-state index is 12.7. The van der Waals surface area contributed by atoms with Crippen LogP contribution < -0.4 is 14.5 Å². The number of anilines is 2. The third kappa shape index (κ3) is 5.97. The van der Waals surface area contributed by atoms with E-state index in [1.165, 1.54) is 0 Å². The first-order valence-electron chi connectivity index (χ1n) is 9.85. The SMILES string of the molecule is CCN(CC)c1ccc(CNC(=O)[C@@H](C)N(c2ccc(C)cc2)S(C)(=O)=O)cc1. The summed E-state index contributed by atoms with van der Waals surface area (Å²) in [6.45, 7) is 9.96. The molecule has 0 radical (unpaired) electrons. The van der Waals surface area contributed by atoms with Crippen LogP contribution in [0.4, 0.5) is 11.4 Å². The summed E-state index contributed by atoms with van der Waals surface area (Å²) in [6.07, 6.45) is 1.11. The van der Waals surface area contributed by atoms with Crippen LogP contribution in [0.3, 0.4) is 0 Å². The molecule has 0 aliphatic carbocycles. The molecule has 0 spiro atoms. The quantitative estimate of drug-likeness (QED) is 0.680. The largest absolute Gasteiger partial charge is 0.372 e. The second kappa shape index (κ2) is 9.78. The van der Waals surface area contributed by atoms with E-state index in [-0.39, 0.29) is 5.91 Å². The Morgan fingerprint density at radius 2 is 1.48 bits per heavy atom. The molecule has 0 aromatic heterocycles. The fourth-order valence-corrected chi connectivity index (χ4v) is 4.43. The van der Waals surface area contributed by atoms with Gasteiger partial charge in [-0.3, -0.25) is 9.10 Å². The first-order chi connectivity index (χ1) is 13.7. The third-order valence-electron chi connectivity index (χ3n) is 4.91. The van der Waals surface area contributed by atoms with Gasteiger partial charge in [-0.15, -0.1) is 0 Å². The molecule has 158 valence electrons. The van der Waals surface area contributed by atoms with E-state index >= 15 is 0 Å². The monoisotopic (exact) mass is 417 g/mol. The normalized spacial score (nSPS) is 12.3. The van der Waals surface area contributed by atoms with E-state index in [9.17, 15) is 13.2 Å². The Morgan fingerprint density at radius 3 is 1.97 bits per heavy atom. The van der Waals surface area contributed by atoms with Gasteiger partial charge in [0.05, 0.1) is 11.9 Å². The van der Waals surface area contributed by atoms with Crippen LogP contribution in [0.2, 0.25) is 0 Å². The van der Waals surface area contributed by atoms with E-state index in [4.69, 9.17) is 0 Å². The minimum Gasteiger partial charge on any atom is -0.372 e. The Kier molecular flexibility index (Phi) is 7.67. The van der Waals surface area contributed by atoms with Crippen molar-refractivity contribution in [2.24, 2.45) is 0 Å². The zero-order valence-electron chi connectivity index (χ0n) is 17.8. The number of nitrogens with one attached hydrogen (secondary N) is 1. The number of hydrogen-bond acceptors (Lipinski definition) is 4. The summed E-state index contributed by atoms with van der Waals surface area (Å²) < 4.78 is 25.8. The molecule has 0 unspecified atom stereocenters. The van der Waals surface area contributed by atoms with Gasteiger partial charge >= 0.3 is 0 Å². The Morgan fingerprint density at radius 1 is 0.966 bits per heavy atom. The number of sulfonamides is 1. The Labute approximate surface area is 174 Å². The van der Waals surface area contributed by atoms with Crippen LogP contribution in [-0.4, -0.2) is 39.7 Å². The van der Waals surface area contributed by atoms with Gasteiger partial charge in [0.1, 0.15) is 6.04 Å². The molecule has 0 fully saturated rings. The summed E-state index contributed by atoms with van der Waals surface area (Å²) in [5.74, 6) is -0.344. The average molecular weight is 418 g/mol. The fraction of sp³-hybridized carbons (Fsp3) is 0.409. The minimum absolute atomic E-state index is 0.340. The summed E-state index contributed by atoms with van der Waals surface area (Å²) >= 11 is 0. The van der Waals surface area contributed by atoms with Crippen molar-refractivity contribution in [1.82, 2.24) is 5.32 Å². The topological polar surface area (TPSA) is 69.7 Å². The van der Waals surface area contributed by atoms with Crippen molar-refractivity contribution in [2.45, 2.75) is 40.3 Å². The van der Waals surface area contributed by atoms with Crippen molar-refractivity contribution in [3.8, 4) is 0 Å². The standard InChI is InChI=1S/C22H31N3O3S/c1-6-24(7-2)20-14-10-19(11-15-20)16-23-22(26)18(4)25(29(5,27)28)21-12-8-17(3)9-13-21/h8-15,18H,6-7,16H2,1-5H3,(H,23,26)/t18-/m1/s1. The van der Waals surface area contributed by atoms with Gasteiger partial charge in [0, 0.05) is 25.3 Å². The lowest BCUT2D eigenvalue weighted by Crippen LogP contribution is -2.47. The van der Waals surface area contributed by atoms with Crippen LogP contribution >= 0.6 is 0 Å². The summed E-state index contributed by atoms with van der Waals surface area (Å²) in [6, 6.07) is 14.3. The molecule has 0 heterocycles. The van der Waals surface area contributed by atoms with Crippen molar-refractivity contribution in [3.05, 3.63) is 59.7 Å². The average Bonchev–Trinajstić information content (AvgIpc) is 2.68. The third-order valence-corrected chi connectivity index (χ3v) is 6.15. The van der Waals surface area contributed by atoms with Crippen molar-refractivity contribution in [2.75, 3.05) is 28.6 Å². The highest BCUT2D eigenvalue weighted by Crippen LogP contribution is 2.21. The second-order valence-electron chi connectivity index (χ2n) is 7.13. The highest BCUT2D eigenvalue weighted by Gasteiger charge is 2.28. The molecule has 0 saturated carbocycles. The number of amides is 1. The van der Waals surface area contributed by atoms with Crippen LogP contribution in [-0.2, 0) is 21.4 Å². The number of nitrogens with zero attached hydrogens (tertiary/aromatic N) is 2. The van der Waals surface area contributed by atoms with Crippen molar-refractivity contribution >= 4 is 27.3 Å². The van der Waals surface area contributed by atoms with Gasteiger partial charge in [0.2, 0.25) is 15.9 Å². The van der Waals surface area contributed by atoms with Gasteiger partial charge in [-0.05, 0) is 57.5 Å². The lowest BCUT2D eigenvalue weighted by Gasteiger charge is -2.28. The molecule has 2 aromatic carbocycles. The summed E-state index contributed by atoms with van der Waals surface area (Å²) in [7, 11) is -3.61. The molecule has 0 saturated heterocycles. The maximum Gasteiger partial charge on any atom is 0.243 e. The second-order valence-corrected chi connectivity index (χ2v) is 8.99. The Balaban J connectivity index is 2.09. The molecule has 0 aliphatic rings. The van der Waals surface area contributed by atoms with Gasteiger partial charge in [-0.25, -0.2) is 8.42 Å². The molecule has 1 amide bonds. The zero-order valence-corrected chi connectivity index (χ0v) is 18.7. The van der Waals surface area contributed by atoms with E-state index in [2.05, 4.69) is 24.1 Å². The first kappa shape index (κ1) is 22.7. The van der Waals surface area contributed by atoms with Gasteiger partial charge in [0.25, 0.3) is 0 Å². The molecule has 6 nitrogen and oxygen atoms in total. The van der Waals surface area contributed by atoms with Gasteiger partial charge in [0.15, 0.2) is 0 Å². The number of benzene rings is 2. The smallest absolute Gasteiger partial charge is 0.243 e. The molecule has 29 heavy (non-hydrogen) atoms. The van der Waals surface area contributed by atoms with E-state index < -0.39 is 16.1 Å². The minimum atomic E-state index is -3.61. The number of carbonyl (C=O) groups is 1. The van der Waals surface area contributed by atoms with E-state index in [1.54, 1.807) is 19.1 Å². The van der Waals surface area contributed by atoms with E-state index in [0.29, 0.717) is 12.2 Å². The van der Waals surface area contributed by atoms with Gasteiger partial charge < -0.3 is 10.2 Å². The van der Waals surface area contributed by atoms with Crippen molar-refractivity contribution in [3.63, 3.8) is 0 Å². The van der Waals surface area contributed by atoms with E-state index in [1.807, 2.05) is 43.3 Å². The number of carbonyl (C=O) groups excluding carboxylic acids is 1. The predicted octanol–water partition coefficient (Wildman–Crippen LogP) is 3.31. The lowest BCUT2D eigenvalue weighted by atomic mass is 10.1. The lowest BCUT2D eigenvalue weighted by molar-refractivity contribution is -0.122. The highest BCUT2D eigenvalue weighted by molar-refractivity contribution is 7.92. The summed E-state index contributed by atoms with van der Waals surface area (Å²) in [4.78, 5) is 14.9. The molecule has 7 heteroatoms. The molecule has 0 aliphatic heterocycles. The number of aryl methyl sites for hydroxylation is 1. The van der Waals surface area contributed by atoms with Crippen LogP contribution in [0, 0.1) is 6.92 Å². The zero-order chi connectivity index (χ0) is 21.6. The Hall–Kier alpha value is -2.54. The van der Waals surface area contributed by atoms with Crippen molar-refractivity contribution in [1.29, 1.82) is 0 Å². The van der Waals surface area contributed by atoms with Crippen LogP contribution in [0.1, 0.15) is 31.9 Å². The van der Waals surface area contributed by atoms with Gasteiger partial charge in [-0.2, -0.15) is 0 Å². The first-order valence-corrected chi connectivity index (χ1v) is 11.7. The molecule has 0 bridgehead atoms. The molecular weight excluding hydrogens is 386 g/mol. The van der Waals surface area contributed by atoms with E-state index in [0.717, 1.165) is 40.5 Å². The molecular formula is C22H31N3O3S. The predicted molar refractivity (Wildman–Crippen MR) is 120 cm³/mol. The Bertz CT molecular complexity index is 905. The van der Waals surface area contributed by atoms with Crippen LogP contribution in [0.5, 0.6) is 0 Å². The highest BCUT2D eigenvalue weighted by atomic mass is 32.2. The van der Waals surface area contributed by atoms with Crippen LogP contribution in [0.15, 0.2) is 48.5 Å². The van der Waals surface area contributed by atoms with Crippen molar-refractivity contribution < 1.29 is 13.2 Å². The summed E-state index contributed by atoms with van der Waals surface area (Å²) in [5.41, 5.74) is 3.60. The maximum atomic E-state index is 12.7. The molecule has 2 aromatic rings. The van der Waals surface area contributed by atoms with Crippen LogP contribution in [0.25, 0.3) is 0 Å². The summed E-state index contributed by atoms with van der Waals surface area (Å²) in [5, 5.41) is 2.85. The molecule has 1 N–H and O–H groups in total. The molecule has 1 atom stereocenters. The number of rotatable bonds is 9. The van der Waals surface area contributed by atoms with Gasteiger partial charge in [-0.1, -0.05) is 29.8 Å². The fourth-order valence-electron chi connectivity index (χ4n) is 3.25.